The molecule has 1 spiro atoms. The summed E-state index contributed by atoms with van der Waals surface area (Å²) in [4.78, 5) is 15.1. The second kappa shape index (κ2) is 7.16. The van der Waals surface area contributed by atoms with E-state index in [1.165, 1.54) is 17.1 Å². The molecule has 27 heavy (non-hydrogen) atoms. The fraction of sp³-hybridized carbons (Fsp3) is 0.632. The standard InChI is InChI=1S/C19H26N2O5S/c1-25-16-4-6-17(7-5-16)27(23,24)21-10-8-19(9-11-21)18(22)20(12-13-26-19)14-15-2-3-15/h4-7,15H,2-3,8-14H2,1H3. The van der Waals surface area contributed by atoms with Crippen LogP contribution in [0.3, 0.4) is 0 Å². The van der Waals surface area contributed by atoms with Gasteiger partial charge in [0.15, 0.2) is 15.3 Å². The summed E-state index contributed by atoms with van der Waals surface area (Å²) < 4.78 is 38.3. The van der Waals surface area contributed by atoms with Crippen LogP contribution in [0, 0.1) is 5.92 Å². The molecule has 2 aliphatic heterocycles. The smallest absolute Gasteiger partial charge is 0.255 e. The third kappa shape index (κ3) is 3.63. The monoisotopic (exact) mass is 394 g/mol. The number of sulfonamides is 1. The molecule has 1 unspecified atom stereocenters. The van der Waals surface area contributed by atoms with Gasteiger partial charge in [-0.05, 0) is 43.0 Å². The van der Waals surface area contributed by atoms with E-state index >= 15 is 0 Å². The maximum absolute atomic E-state index is 13.0. The van der Waals surface area contributed by atoms with Gasteiger partial charge in [0.25, 0.3) is 5.91 Å². The number of amides is 1. The zero-order chi connectivity index (χ0) is 19.1. The fourth-order valence-corrected chi connectivity index (χ4v) is 5.37. The van der Waals surface area contributed by atoms with E-state index in [0.29, 0.717) is 37.7 Å². The topological polar surface area (TPSA) is 82.1 Å². The van der Waals surface area contributed by atoms with E-state index in [2.05, 4.69) is 0 Å². The lowest BCUT2D eigenvalue weighted by Gasteiger charge is -2.45. The van der Waals surface area contributed by atoms with E-state index in [1.807, 2.05) is 4.90 Å². The molecule has 3 fully saturated rings. The van der Waals surface area contributed by atoms with Crippen LogP contribution in [0.2, 0.25) is 0 Å². The Bertz CT molecular complexity index is 741. The van der Waals surface area contributed by atoms with E-state index in [-0.39, 0.29) is 23.9 Å². The minimum Gasteiger partial charge on any atom is -0.593 e. The number of morpholine rings is 1. The molecule has 0 bridgehead atoms. The Morgan fingerprint density at radius 1 is 1.22 bits per heavy atom. The second-order valence-electron chi connectivity index (χ2n) is 7.62. The molecule has 8 heteroatoms. The van der Waals surface area contributed by atoms with Crippen molar-refractivity contribution in [2.75, 3.05) is 39.9 Å². The SMILES string of the molecule is COc1ccc([S+](=O)([O-])N2CCC3(CC2)OCCN(CC2CC2)C3=O)cc1. The largest absolute Gasteiger partial charge is 0.593 e. The predicted octanol–water partition coefficient (Wildman–Crippen LogP) is 1.70. The Morgan fingerprint density at radius 3 is 2.48 bits per heavy atom. The summed E-state index contributed by atoms with van der Waals surface area (Å²) in [5.41, 5.74) is -0.848. The number of hydrogen-bond acceptors (Lipinski definition) is 5. The van der Waals surface area contributed by atoms with Crippen molar-refractivity contribution in [3.05, 3.63) is 24.3 Å². The van der Waals surface area contributed by atoms with Gasteiger partial charge in [-0.15, -0.1) is 4.31 Å². The lowest BCUT2D eigenvalue weighted by Crippen LogP contribution is -2.61. The Hall–Kier alpha value is -1.48. The van der Waals surface area contributed by atoms with Gasteiger partial charge in [0.2, 0.25) is 0 Å². The number of nitrogens with zero attached hydrogens (tertiary/aromatic N) is 2. The molecular weight excluding hydrogens is 368 g/mol. The average molecular weight is 394 g/mol. The van der Waals surface area contributed by atoms with Crippen molar-refractivity contribution in [2.24, 2.45) is 5.92 Å². The van der Waals surface area contributed by atoms with Crippen LogP contribution >= 0.6 is 0 Å². The van der Waals surface area contributed by atoms with Crippen LogP contribution in [0.15, 0.2) is 29.2 Å². The molecule has 1 aromatic carbocycles. The maximum atomic E-state index is 13.0. The second-order valence-corrected chi connectivity index (χ2v) is 9.55. The summed E-state index contributed by atoms with van der Waals surface area (Å²) in [6, 6.07) is 6.39. The highest BCUT2D eigenvalue weighted by molar-refractivity contribution is 7.95. The number of ether oxygens (including phenoxy) is 2. The first-order valence-electron chi connectivity index (χ1n) is 9.52. The molecule has 148 valence electrons. The van der Waals surface area contributed by atoms with Gasteiger partial charge in [0.1, 0.15) is 11.4 Å². The van der Waals surface area contributed by atoms with Crippen molar-refractivity contribution >= 4 is 16.3 Å². The molecule has 1 amide bonds. The Kier molecular flexibility index (Phi) is 5.00. The van der Waals surface area contributed by atoms with E-state index in [0.717, 1.165) is 6.54 Å². The molecule has 1 saturated carbocycles. The summed E-state index contributed by atoms with van der Waals surface area (Å²) in [5, 5.41) is 0. The lowest BCUT2D eigenvalue weighted by molar-refractivity contribution is -0.178. The van der Waals surface area contributed by atoms with Gasteiger partial charge in [-0.3, -0.25) is 4.79 Å². The van der Waals surface area contributed by atoms with Crippen molar-refractivity contribution < 1.29 is 23.0 Å². The van der Waals surface area contributed by atoms with E-state index in [9.17, 15) is 13.6 Å². The van der Waals surface area contributed by atoms with E-state index < -0.39 is 16.0 Å². The van der Waals surface area contributed by atoms with Crippen molar-refractivity contribution in [3.63, 3.8) is 0 Å². The van der Waals surface area contributed by atoms with Gasteiger partial charge in [-0.25, -0.2) is 0 Å². The molecule has 0 radical (unpaired) electrons. The van der Waals surface area contributed by atoms with Crippen LogP contribution in [0.25, 0.3) is 0 Å². The zero-order valence-electron chi connectivity index (χ0n) is 15.6. The zero-order valence-corrected chi connectivity index (χ0v) is 16.4. The molecule has 0 N–H and O–H groups in total. The quantitative estimate of drug-likeness (QED) is 0.710. The van der Waals surface area contributed by atoms with Crippen molar-refractivity contribution in [1.29, 1.82) is 0 Å². The van der Waals surface area contributed by atoms with Gasteiger partial charge in [-0.2, -0.15) is 0 Å². The van der Waals surface area contributed by atoms with Gasteiger partial charge in [0, 0.05) is 39.0 Å². The minimum atomic E-state index is -3.59. The molecule has 4 rings (SSSR count). The third-order valence-electron chi connectivity index (χ3n) is 5.82. The van der Waals surface area contributed by atoms with Gasteiger partial charge in [0.05, 0.1) is 13.7 Å². The number of piperidine rings is 1. The average Bonchev–Trinajstić information content (AvgIpc) is 3.50. The third-order valence-corrected chi connectivity index (χ3v) is 7.73. The highest BCUT2D eigenvalue weighted by atomic mass is 32.3. The van der Waals surface area contributed by atoms with Crippen molar-refractivity contribution in [1.82, 2.24) is 9.21 Å². The Balaban J connectivity index is 1.44. The first-order chi connectivity index (χ1) is 12.9. The van der Waals surface area contributed by atoms with Crippen molar-refractivity contribution in [3.8, 4) is 5.75 Å². The maximum Gasteiger partial charge on any atom is 0.255 e. The molecular formula is C19H26N2O5S. The normalized spacial score (nSPS) is 25.4. The number of hydrogen-bond donors (Lipinski definition) is 0. The number of carbonyl (C=O) groups is 1. The highest BCUT2D eigenvalue weighted by Gasteiger charge is 2.50. The van der Waals surface area contributed by atoms with Gasteiger partial charge < -0.3 is 18.9 Å². The first-order valence-corrected chi connectivity index (χ1v) is 11.0. The van der Waals surface area contributed by atoms with Crippen LogP contribution in [0.5, 0.6) is 5.75 Å². The van der Waals surface area contributed by atoms with E-state index in [4.69, 9.17) is 9.47 Å². The molecule has 1 aromatic rings. The van der Waals surface area contributed by atoms with Crippen LogP contribution < -0.4 is 4.74 Å². The molecule has 3 aliphatic rings. The lowest BCUT2D eigenvalue weighted by atomic mass is 9.89. The number of rotatable bonds is 5. The molecule has 1 aliphatic carbocycles. The summed E-state index contributed by atoms with van der Waals surface area (Å²) in [6.45, 7) is 2.57. The molecule has 2 heterocycles. The Morgan fingerprint density at radius 2 is 1.89 bits per heavy atom. The summed E-state index contributed by atoms with van der Waals surface area (Å²) >= 11 is 0. The van der Waals surface area contributed by atoms with Crippen LogP contribution in [0.1, 0.15) is 25.7 Å². The number of benzene rings is 1. The van der Waals surface area contributed by atoms with Crippen LogP contribution in [0.4, 0.5) is 0 Å². The summed E-state index contributed by atoms with van der Waals surface area (Å²) in [5.74, 6) is 1.30. The molecule has 2 saturated heterocycles. The van der Waals surface area contributed by atoms with Gasteiger partial charge in [-0.1, -0.05) is 4.21 Å². The summed E-state index contributed by atoms with van der Waals surface area (Å²) in [7, 11) is -2.04. The molecule has 1 atom stereocenters. The fourth-order valence-electron chi connectivity index (χ4n) is 3.93. The van der Waals surface area contributed by atoms with E-state index in [1.54, 1.807) is 31.4 Å². The predicted molar refractivity (Wildman–Crippen MR) is 98.9 cm³/mol. The highest BCUT2D eigenvalue weighted by Crippen LogP contribution is 2.37. The van der Waals surface area contributed by atoms with Gasteiger partial charge >= 0.3 is 0 Å². The Labute approximate surface area is 161 Å². The molecule has 0 aromatic heterocycles. The van der Waals surface area contributed by atoms with Crippen LogP contribution in [-0.4, -0.2) is 65.2 Å². The first kappa shape index (κ1) is 18.9. The number of carbonyl (C=O) groups excluding carboxylic acids is 1. The minimum absolute atomic E-state index is 0.0437. The molecule has 7 nitrogen and oxygen atoms in total. The van der Waals surface area contributed by atoms with Crippen molar-refractivity contribution in [2.45, 2.75) is 36.2 Å². The summed E-state index contributed by atoms with van der Waals surface area (Å²) in [6.07, 6.45) is 3.21. The van der Waals surface area contributed by atoms with Crippen LogP contribution in [-0.2, 0) is 24.1 Å². The number of methoxy groups -OCH3 is 1.